The molecule has 1 N–H and O–H groups in total. The topological polar surface area (TPSA) is 55.4 Å². The summed E-state index contributed by atoms with van der Waals surface area (Å²) in [5.41, 5.74) is 3.11. The van der Waals surface area contributed by atoms with E-state index in [-0.39, 0.29) is 17.8 Å². The molecule has 2 atom stereocenters. The van der Waals surface area contributed by atoms with Crippen molar-refractivity contribution in [2.75, 3.05) is 11.9 Å². The minimum absolute atomic E-state index is 0.0948. The van der Waals surface area contributed by atoms with Gasteiger partial charge in [0.1, 0.15) is 0 Å². The zero-order chi connectivity index (χ0) is 18.1. The second-order valence-corrected chi connectivity index (χ2v) is 7.28. The predicted molar refractivity (Wildman–Crippen MR) is 99.8 cm³/mol. The summed E-state index contributed by atoms with van der Waals surface area (Å²) in [7, 11) is 0. The van der Waals surface area contributed by atoms with Gasteiger partial charge >= 0.3 is 5.97 Å². The van der Waals surface area contributed by atoms with E-state index in [0.717, 1.165) is 23.2 Å². The Labute approximate surface area is 152 Å². The van der Waals surface area contributed by atoms with E-state index >= 15 is 0 Å². The second-order valence-electron chi connectivity index (χ2n) is 7.28. The van der Waals surface area contributed by atoms with E-state index in [1.807, 2.05) is 42.5 Å². The van der Waals surface area contributed by atoms with Gasteiger partial charge in [0.05, 0.1) is 12.0 Å². The fourth-order valence-corrected chi connectivity index (χ4v) is 4.13. The van der Waals surface area contributed by atoms with E-state index in [9.17, 15) is 9.59 Å². The molecular formula is C22H21NO3. The summed E-state index contributed by atoms with van der Waals surface area (Å²) in [5, 5.41) is 2.89. The first-order valence-electron chi connectivity index (χ1n) is 8.86. The van der Waals surface area contributed by atoms with E-state index in [1.54, 1.807) is 12.1 Å². The van der Waals surface area contributed by atoms with Crippen LogP contribution in [0.4, 0.5) is 5.69 Å². The molecule has 26 heavy (non-hydrogen) atoms. The van der Waals surface area contributed by atoms with Crippen molar-refractivity contribution in [2.24, 2.45) is 11.3 Å². The lowest BCUT2D eigenvalue weighted by atomic mass is 9.75. The Bertz CT molecular complexity index is 857. The zero-order valence-electron chi connectivity index (χ0n) is 14.5. The lowest BCUT2D eigenvalue weighted by molar-refractivity contribution is -0.146. The molecule has 1 aliphatic carbocycles. The van der Waals surface area contributed by atoms with Crippen LogP contribution in [0.5, 0.6) is 0 Å². The molecule has 4 heteroatoms. The number of rotatable bonds is 4. The molecule has 0 bridgehead atoms. The Kier molecular flexibility index (Phi) is 4.11. The minimum atomic E-state index is -0.452. The number of esters is 1. The normalized spacial score (nSPS) is 24.2. The smallest absolute Gasteiger partial charge is 0.313 e. The molecule has 2 aromatic rings. The number of carbonyl (C=O) groups is 2. The third-order valence-electron chi connectivity index (χ3n) is 5.47. The lowest BCUT2D eigenvalue weighted by Crippen LogP contribution is -2.31. The van der Waals surface area contributed by atoms with Crippen LogP contribution in [-0.2, 0) is 16.0 Å². The number of hydrogen-bond acceptors (Lipinski definition) is 3. The van der Waals surface area contributed by atoms with E-state index in [2.05, 4.69) is 11.9 Å². The maximum atomic E-state index is 12.4. The maximum absolute atomic E-state index is 12.4. The lowest BCUT2D eigenvalue weighted by Gasteiger charge is -2.24. The van der Waals surface area contributed by atoms with Crippen molar-refractivity contribution in [1.82, 2.24) is 0 Å². The highest BCUT2D eigenvalue weighted by Gasteiger charge is 2.55. The monoisotopic (exact) mass is 347 g/mol. The minimum Gasteiger partial charge on any atom is -0.465 e. The number of benzene rings is 2. The Balaban J connectivity index is 1.47. The SMILES string of the molecule is C=C1CC2COC(=O)C2(Cc2ccc(NC(=O)c3ccccc3)cc2)C1. The number of cyclic esters (lactones) is 1. The summed E-state index contributed by atoms with van der Waals surface area (Å²) in [6, 6.07) is 16.8. The average Bonchev–Trinajstić information content (AvgIpc) is 3.12. The molecule has 2 aromatic carbocycles. The van der Waals surface area contributed by atoms with Crippen LogP contribution in [0.1, 0.15) is 28.8 Å². The highest BCUT2D eigenvalue weighted by molar-refractivity contribution is 6.04. The first-order valence-corrected chi connectivity index (χ1v) is 8.86. The molecule has 132 valence electrons. The van der Waals surface area contributed by atoms with Gasteiger partial charge in [0.25, 0.3) is 5.91 Å². The summed E-state index contributed by atoms with van der Waals surface area (Å²) < 4.78 is 5.33. The van der Waals surface area contributed by atoms with Crippen LogP contribution in [0.2, 0.25) is 0 Å². The number of anilines is 1. The molecule has 1 aliphatic heterocycles. The third kappa shape index (κ3) is 2.92. The van der Waals surface area contributed by atoms with Crippen LogP contribution in [0.3, 0.4) is 0 Å². The standard InChI is InChI=1S/C22H21NO3/c1-15-11-18-14-26-21(25)22(18,12-15)13-16-7-9-19(10-8-16)23-20(24)17-5-3-2-4-6-17/h2-10,18H,1,11-14H2,(H,23,24). The molecule has 2 aliphatic rings. The van der Waals surface area contributed by atoms with Gasteiger partial charge in [-0.25, -0.2) is 0 Å². The van der Waals surface area contributed by atoms with Crippen molar-refractivity contribution in [2.45, 2.75) is 19.3 Å². The van der Waals surface area contributed by atoms with E-state index < -0.39 is 5.41 Å². The fraction of sp³-hybridized carbons (Fsp3) is 0.273. The molecule has 0 spiro atoms. The summed E-state index contributed by atoms with van der Waals surface area (Å²) in [6.45, 7) is 4.58. The molecule has 1 saturated carbocycles. The Morgan fingerprint density at radius 3 is 2.62 bits per heavy atom. The van der Waals surface area contributed by atoms with Crippen LogP contribution in [0.25, 0.3) is 0 Å². The second kappa shape index (κ2) is 6.45. The summed E-state index contributed by atoms with van der Waals surface area (Å²) in [4.78, 5) is 24.6. The molecule has 1 amide bonds. The van der Waals surface area contributed by atoms with Gasteiger partial charge in [0, 0.05) is 17.2 Å². The van der Waals surface area contributed by atoms with Gasteiger partial charge < -0.3 is 10.1 Å². The van der Waals surface area contributed by atoms with Gasteiger partial charge in [-0.3, -0.25) is 9.59 Å². The van der Waals surface area contributed by atoms with Crippen molar-refractivity contribution in [3.63, 3.8) is 0 Å². The number of ether oxygens (including phenoxy) is 1. The molecule has 0 aromatic heterocycles. The molecule has 0 radical (unpaired) electrons. The number of allylic oxidation sites excluding steroid dienone is 1. The van der Waals surface area contributed by atoms with Crippen LogP contribution in [-0.4, -0.2) is 18.5 Å². The summed E-state index contributed by atoms with van der Waals surface area (Å²) in [6.07, 6.45) is 2.24. The predicted octanol–water partition coefficient (Wildman–Crippen LogP) is 3.99. The van der Waals surface area contributed by atoms with Crippen molar-refractivity contribution >= 4 is 17.6 Å². The van der Waals surface area contributed by atoms with E-state index in [0.29, 0.717) is 25.0 Å². The number of nitrogens with one attached hydrogen (secondary N) is 1. The quantitative estimate of drug-likeness (QED) is 0.672. The van der Waals surface area contributed by atoms with Gasteiger partial charge in [-0.1, -0.05) is 42.5 Å². The van der Waals surface area contributed by atoms with Crippen molar-refractivity contribution in [1.29, 1.82) is 0 Å². The van der Waals surface area contributed by atoms with Crippen LogP contribution in [0, 0.1) is 11.3 Å². The molecule has 1 saturated heterocycles. The van der Waals surface area contributed by atoms with E-state index in [4.69, 9.17) is 4.74 Å². The maximum Gasteiger partial charge on any atom is 0.313 e. The summed E-state index contributed by atoms with van der Waals surface area (Å²) >= 11 is 0. The molecule has 2 fully saturated rings. The van der Waals surface area contributed by atoms with Gasteiger partial charge in [0.15, 0.2) is 0 Å². The molecular weight excluding hydrogens is 326 g/mol. The summed E-state index contributed by atoms with van der Waals surface area (Å²) in [5.74, 6) is 0.00559. The molecule has 1 heterocycles. The fourth-order valence-electron chi connectivity index (χ4n) is 4.13. The number of amides is 1. The van der Waals surface area contributed by atoms with Crippen molar-refractivity contribution in [3.8, 4) is 0 Å². The highest BCUT2D eigenvalue weighted by atomic mass is 16.5. The average molecular weight is 347 g/mol. The van der Waals surface area contributed by atoms with Gasteiger partial charge in [-0.2, -0.15) is 0 Å². The largest absolute Gasteiger partial charge is 0.465 e. The Hall–Kier alpha value is -2.88. The molecule has 4 nitrogen and oxygen atoms in total. The molecule has 4 rings (SSSR count). The van der Waals surface area contributed by atoms with Gasteiger partial charge in [-0.05, 0) is 49.1 Å². The Morgan fingerprint density at radius 2 is 1.88 bits per heavy atom. The number of fused-ring (bicyclic) bond motifs is 1. The highest BCUT2D eigenvalue weighted by Crippen LogP contribution is 2.52. The van der Waals surface area contributed by atoms with Crippen molar-refractivity contribution < 1.29 is 14.3 Å². The van der Waals surface area contributed by atoms with Crippen molar-refractivity contribution in [3.05, 3.63) is 77.9 Å². The first-order chi connectivity index (χ1) is 12.6. The third-order valence-corrected chi connectivity index (χ3v) is 5.47. The van der Waals surface area contributed by atoms with Gasteiger partial charge in [-0.15, -0.1) is 0 Å². The van der Waals surface area contributed by atoms with Crippen LogP contribution in [0.15, 0.2) is 66.7 Å². The van der Waals surface area contributed by atoms with Crippen LogP contribution >= 0.6 is 0 Å². The molecule has 2 unspecified atom stereocenters. The van der Waals surface area contributed by atoms with Crippen LogP contribution < -0.4 is 5.32 Å². The zero-order valence-corrected chi connectivity index (χ0v) is 14.5. The van der Waals surface area contributed by atoms with E-state index in [1.165, 1.54) is 0 Å². The van der Waals surface area contributed by atoms with Gasteiger partial charge in [0.2, 0.25) is 0 Å². The Morgan fingerprint density at radius 1 is 1.15 bits per heavy atom. The number of carbonyl (C=O) groups excluding carboxylic acids is 2. The first kappa shape index (κ1) is 16.6. The number of hydrogen-bond donors (Lipinski definition) is 1.